The van der Waals surface area contributed by atoms with Gasteiger partial charge < -0.3 is 0 Å². The molecule has 1 unspecified atom stereocenters. The number of rotatable bonds is 3. The zero-order valence-electron chi connectivity index (χ0n) is 13.5. The molecule has 4 rings (SSSR count). The number of hydrogen-bond acceptors (Lipinski definition) is 3. The summed E-state index contributed by atoms with van der Waals surface area (Å²) in [6.07, 6.45) is 1.06. The molecule has 0 saturated carbocycles. The van der Waals surface area contributed by atoms with Crippen molar-refractivity contribution in [2.45, 2.75) is 12.5 Å². The molecule has 3 nitrogen and oxygen atoms in total. The topological polar surface area (TPSA) is 18.5 Å². The lowest BCUT2D eigenvalue weighted by Gasteiger charge is -2.44. The SMILES string of the molecule is c1ccc(C2CCN(c3ccccc3)NN2c2ccccc2)cc1. The quantitative estimate of drug-likeness (QED) is 0.764. The highest BCUT2D eigenvalue weighted by Gasteiger charge is 2.28. The molecule has 1 aliphatic heterocycles. The first-order chi connectivity index (χ1) is 11.9. The Balaban J connectivity index is 1.67. The van der Waals surface area contributed by atoms with Crippen LogP contribution in [0.4, 0.5) is 11.4 Å². The number of benzene rings is 3. The van der Waals surface area contributed by atoms with Gasteiger partial charge in [0.2, 0.25) is 0 Å². The molecule has 0 aromatic heterocycles. The maximum Gasteiger partial charge on any atom is 0.0739 e. The molecular formula is C21H21N3. The molecule has 0 aliphatic carbocycles. The standard InChI is InChI=1S/C21H21N3/c1-4-10-18(11-5-1)21-16-17-23(19-12-6-2-7-13-19)22-24(21)20-14-8-3-9-15-20/h1-15,21-22H,16-17H2. The molecule has 120 valence electrons. The van der Waals surface area contributed by atoms with Gasteiger partial charge in [-0.15, -0.1) is 5.53 Å². The predicted octanol–water partition coefficient (Wildman–Crippen LogP) is 4.56. The molecule has 1 N–H and O–H groups in total. The van der Waals surface area contributed by atoms with Crippen LogP contribution in [0.1, 0.15) is 18.0 Å². The fourth-order valence-corrected chi connectivity index (χ4v) is 3.24. The fourth-order valence-electron chi connectivity index (χ4n) is 3.24. The third-order valence-corrected chi connectivity index (χ3v) is 4.45. The normalized spacial score (nSPS) is 17.8. The molecule has 3 aromatic rings. The lowest BCUT2D eigenvalue weighted by atomic mass is 10.0. The second-order valence-corrected chi connectivity index (χ2v) is 6.01. The van der Waals surface area contributed by atoms with E-state index in [2.05, 4.69) is 107 Å². The van der Waals surface area contributed by atoms with E-state index < -0.39 is 0 Å². The van der Waals surface area contributed by atoms with E-state index in [9.17, 15) is 0 Å². The van der Waals surface area contributed by atoms with E-state index >= 15 is 0 Å². The molecule has 0 bridgehead atoms. The van der Waals surface area contributed by atoms with Crippen molar-refractivity contribution in [3.05, 3.63) is 96.6 Å². The summed E-state index contributed by atoms with van der Waals surface area (Å²) in [5.41, 5.74) is 7.29. The summed E-state index contributed by atoms with van der Waals surface area (Å²) in [5, 5.41) is 4.48. The van der Waals surface area contributed by atoms with E-state index in [1.807, 2.05) is 0 Å². The Bertz CT molecular complexity index is 759. The average molecular weight is 315 g/mol. The summed E-state index contributed by atoms with van der Waals surface area (Å²) < 4.78 is 0. The van der Waals surface area contributed by atoms with Gasteiger partial charge in [0.05, 0.1) is 17.4 Å². The third-order valence-electron chi connectivity index (χ3n) is 4.45. The number of anilines is 2. The van der Waals surface area contributed by atoms with Crippen molar-refractivity contribution in [1.29, 1.82) is 0 Å². The van der Waals surface area contributed by atoms with Crippen molar-refractivity contribution < 1.29 is 0 Å². The molecule has 3 aromatic carbocycles. The summed E-state index contributed by atoms with van der Waals surface area (Å²) in [6.45, 7) is 0.965. The van der Waals surface area contributed by atoms with Gasteiger partial charge in [-0.1, -0.05) is 66.7 Å². The average Bonchev–Trinajstić information content (AvgIpc) is 2.69. The van der Waals surface area contributed by atoms with E-state index in [4.69, 9.17) is 0 Å². The second-order valence-electron chi connectivity index (χ2n) is 6.01. The lowest BCUT2D eigenvalue weighted by Crippen LogP contribution is -2.57. The summed E-state index contributed by atoms with van der Waals surface area (Å²) in [5.74, 6) is 0. The summed E-state index contributed by atoms with van der Waals surface area (Å²) in [7, 11) is 0. The summed E-state index contributed by atoms with van der Waals surface area (Å²) in [6, 6.07) is 32.0. The monoisotopic (exact) mass is 315 g/mol. The summed E-state index contributed by atoms with van der Waals surface area (Å²) >= 11 is 0. The number of hydrazine groups is 2. The van der Waals surface area contributed by atoms with Gasteiger partial charge in [0.25, 0.3) is 0 Å². The number of para-hydroxylation sites is 2. The first-order valence-electron chi connectivity index (χ1n) is 8.40. The van der Waals surface area contributed by atoms with Crippen molar-refractivity contribution in [3.63, 3.8) is 0 Å². The highest BCUT2D eigenvalue weighted by molar-refractivity contribution is 5.52. The Morgan fingerprint density at radius 2 is 1.21 bits per heavy atom. The van der Waals surface area contributed by atoms with Gasteiger partial charge in [-0.3, -0.25) is 10.0 Å². The molecule has 24 heavy (non-hydrogen) atoms. The molecule has 0 spiro atoms. The van der Waals surface area contributed by atoms with E-state index in [1.54, 1.807) is 0 Å². The van der Waals surface area contributed by atoms with E-state index in [0.29, 0.717) is 6.04 Å². The molecular weight excluding hydrogens is 294 g/mol. The van der Waals surface area contributed by atoms with Gasteiger partial charge in [-0.25, -0.2) is 0 Å². The van der Waals surface area contributed by atoms with Crippen LogP contribution < -0.4 is 15.6 Å². The van der Waals surface area contributed by atoms with Crippen LogP contribution in [0.2, 0.25) is 0 Å². The Morgan fingerprint density at radius 3 is 1.83 bits per heavy atom. The molecule has 1 aliphatic rings. The van der Waals surface area contributed by atoms with Gasteiger partial charge in [0.15, 0.2) is 0 Å². The molecule has 1 saturated heterocycles. The van der Waals surface area contributed by atoms with Crippen LogP contribution >= 0.6 is 0 Å². The lowest BCUT2D eigenvalue weighted by molar-refractivity contribution is 0.416. The van der Waals surface area contributed by atoms with Crippen LogP contribution in [0, 0.1) is 0 Å². The van der Waals surface area contributed by atoms with Crippen LogP contribution in [-0.4, -0.2) is 6.54 Å². The molecule has 0 amide bonds. The Hall–Kier alpha value is -2.78. The molecule has 1 fully saturated rings. The van der Waals surface area contributed by atoms with E-state index in [0.717, 1.165) is 13.0 Å². The minimum absolute atomic E-state index is 0.313. The van der Waals surface area contributed by atoms with Crippen LogP contribution in [0.5, 0.6) is 0 Å². The minimum Gasteiger partial charge on any atom is -0.291 e. The largest absolute Gasteiger partial charge is 0.291 e. The van der Waals surface area contributed by atoms with Crippen molar-refractivity contribution in [2.75, 3.05) is 16.6 Å². The van der Waals surface area contributed by atoms with Gasteiger partial charge >= 0.3 is 0 Å². The smallest absolute Gasteiger partial charge is 0.0739 e. The molecule has 0 radical (unpaired) electrons. The van der Waals surface area contributed by atoms with Crippen LogP contribution in [0.15, 0.2) is 91.0 Å². The molecule has 3 heteroatoms. The van der Waals surface area contributed by atoms with Gasteiger partial charge in [-0.2, -0.15) is 0 Å². The molecule has 1 atom stereocenters. The first kappa shape index (κ1) is 14.8. The zero-order chi connectivity index (χ0) is 16.2. The van der Waals surface area contributed by atoms with Crippen LogP contribution in [-0.2, 0) is 0 Å². The van der Waals surface area contributed by atoms with Gasteiger partial charge in [0.1, 0.15) is 0 Å². The first-order valence-corrected chi connectivity index (χ1v) is 8.40. The number of nitrogens with zero attached hydrogens (tertiary/aromatic N) is 2. The van der Waals surface area contributed by atoms with Gasteiger partial charge in [-0.05, 0) is 36.2 Å². The predicted molar refractivity (Wildman–Crippen MR) is 99.6 cm³/mol. The number of nitrogens with one attached hydrogen (secondary N) is 1. The Labute approximate surface area is 143 Å². The highest BCUT2D eigenvalue weighted by atomic mass is 15.8. The van der Waals surface area contributed by atoms with Crippen LogP contribution in [0.3, 0.4) is 0 Å². The van der Waals surface area contributed by atoms with E-state index in [1.165, 1.54) is 16.9 Å². The molecule has 1 heterocycles. The third kappa shape index (κ3) is 2.99. The zero-order valence-corrected chi connectivity index (χ0v) is 13.5. The van der Waals surface area contributed by atoms with Crippen molar-refractivity contribution in [1.82, 2.24) is 5.53 Å². The maximum atomic E-state index is 3.60. The van der Waals surface area contributed by atoms with E-state index in [-0.39, 0.29) is 0 Å². The summed E-state index contributed by atoms with van der Waals surface area (Å²) in [4.78, 5) is 0. The van der Waals surface area contributed by atoms with Crippen LogP contribution in [0.25, 0.3) is 0 Å². The Kier molecular flexibility index (Phi) is 4.17. The van der Waals surface area contributed by atoms with Crippen molar-refractivity contribution in [3.8, 4) is 0 Å². The minimum atomic E-state index is 0.313. The fraction of sp³-hybridized carbons (Fsp3) is 0.143. The van der Waals surface area contributed by atoms with Crippen molar-refractivity contribution >= 4 is 11.4 Å². The second kappa shape index (κ2) is 6.77. The van der Waals surface area contributed by atoms with Gasteiger partial charge in [0, 0.05) is 6.54 Å². The maximum absolute atomic E-state index is 3.60. The Morgan fingerprint density at radius 1 is 0.667 bits per heavy atom. The number of hydrogen-bond donors (Lipinski definition) is 1. The highest BCUT2D eigenvalue weighted by Crippen LogP contribution is 2.32. The van der Waals surface area contributed by atoms with Crippen molar-refractivity contribution in [2.24, 2.45) is 0 Å².